The van der Waals surface area contributed by atoms with E-state index in [1.165, 1.54) is 11.1 Å². The van der Waals surface area contributed by atoms with Crippen molar-refractivity contribution in [3.05, 3.63) is 188 Å². The Hall–Kier alpha value is -6.76. The van der Waals surface area contributed by atoms with Crippen LogP contribution >= 0.6 is 23.2 Å². The molecule has 0 radical (unpaired) electrons. The van der Waals surface area contributed by atoms with Crippen LogP contribution in [0.1, 0.15) is 72.2 Å². The predicted octanol–water partition coefficient (Wildman–Crippen LogP) is 8.91. The van der Waals surface area contributed by atoms with Crippen LogP contribution in [0.5, 0.6) is 0 Å². The zero-order valence-corrected chi connectivity index (χ0v) is 41.8. The standard InChI is InChI=1S/C28H30Cl2N4O2.C28H32N4O2/c1-20(15-21-5-3-2-4-6-21)18-32-28(36)22-7-10-26(31-19-22)33-11-13-34(14-12-33)27(35)17-23-16-24(29)8-9-25(23)30;1-21-10-12-25(22(2)19-21)28(34)32-17-15-31(16-18-32)26-13-11-24(20-30-26)27(33)29-14-6-9-23-7-4-3-5-8-23/h2-10,16,19-20H,11-15,17-18H2,1H3,(H,32,36);3-5,7-8,10-13,19-20H,6,9,14-18H2,1-2H3,(H,29,33). The Morgan fingerprint density at radius 3 is 1.77 bits per heavy atom. The van der Waals surface area contributed by atoms with Crippen LogP contribution in [0.2, 0.25) is 10.0 Å². The SMILES string of the molecule is CC(CNC(=O)c1ccc(N2CCN(C(=O)Cc3cc(Cl)ccc3Cl)CC2)nc1)Cc1ccccc1.Cc1ccc(C(=O)N2CCN(c3ccc(C(=O)NCCCc4ccccc4)cn3)CC2)c(C)c1. The molecule has 2 aliphatic heterocycles. The number of anilines is 2. The molecule has 0 saturated carbocycles. The van der Waals surface area contributed by atoms with Gasteiger partial charge in [-0.1, -0.05) is 108 Å². The van der Waals surface area contributed by atoms with Crippen molar-refractivity contribution in [2.24, 2.45) is 5.92 Å². The number of hydrogen-bond acceptors (Lipinski definition) is 8. The highest BCUT2D eigenvalue weighted by molar-refractivity contribution is 6.33. The number of rotatable bonds is 15. The summed E-state index contributed by atoms with van der Waals surface area (Å²) in [7, 11) is 0. The molecule has 1 unspecified atom stereocenters. The number of aryl methyl sites for hydroxylation is 3. The van der Waals surface area contributed by atoms with Crippen LogP contribution in [-0.4, -0.2) is 109 Å². The minimum atomic E-state index is -0.121. The van der Waals surface area contributed by atoms with Crippen molar-refractivity contribution in [1.82, 2.24) is 30.4 Å². The predicted molar refractivity (Wildman–Crippen MR) is 280 cm³/mol. The number of hydrogen-bond donors (Lipinski definition) is 2. The highest BCUT2D eigenvalue weighted by atomic mass is 35.5. The van der Waals surface area contributed by atoms with E-state index in [0.717, 1.165) is 53.2 Å². The summed E-state index contributed by atoms with van der Waals surface area (Å²) in [4.78, 5) is 67.7. The largest absolute Gasteiger partial charge is 0.353 e. The molecule has 364 valence electrons. The molecular weight excluding hydrogens is 920 g/mol. The van der Waals surface area contributed by atoms with Crippen LogP contribution in [0, 0.1) is 19.8 Å². The quantitative estimate of drug-likeness (QED) is 0.0977. The number of pyridine rings is 2. The van der Waals surface area contributed by atoms with E-state index in [0.29, 0.717) is 92.5 Å². The van der Waals surface area contributed by atoms with Crippen LogP contribution in [0.15, 0.2) is 134 Å². The molecule has 8 rings (SSSR count). The van der Waals surface area contributed by atoms with Crippen molar-refractivity contribution in [2.75, 3.05) is 75.2 Å². The van der Waals surface area contributed by atoms with Gasteiger partial charge in [0.05, 0.1) is 17.5 Å². The zero-order chi connectivity index (χ0) is 49.4. The number of nitrogens with one attached hydrogen (secondary N) is 2. The van der Waals surface area contributed by atoms with E-state index in [1.807, 2.05) is 96.4 Å². The highest BCUT2D eigenvalue weighted by Crippen LogP contribution is 2.23. The summed E-state index contributed by atoms with van der Waals surface area (Å²) in [6.07, 6.45) is 6.23. The molecule has 4 aromatic carbocycles. The molecule has 12 nitrogen and oxygen atoms in total. The molecule has 2 saturated heterocycles. The zero-order valence-electron chi connectivity index (χ0n) is 40.3. The first-order valence-corrected chi connectivity index (χ1v) is 24.8. The van der Waals surface area contributed by atoms with Gasteiger partial charge in [-0.3, -0.25) is 19.2 Å². The minimum absolute atomic E-state index is 0.0280. The number of benzene rings is 4. The molecule has 2 aromatic heterocycles. The Morgan fingerprint density at radius 2 is 1.20 bits per heavy atom. The molecule has 1 atom stereocenters. The first kappa shape index (κ1) is 51.1. The van der Waals surface area contributed by atoms with Crippen molar-refractivity contribution in [2.45, 2.75) is 46.5 Å². The lowest BCUT2D eigenvalue weighted by Gasteiger charge is -2.35. The van der Waals surface area contributed by atoms with Crippen molar-refractivity contribution < 1.29 is 19.2 Å². The fraction of sp³-hybridized carbons (Fsp3) is 0.321. The van der Waals surface area contributed by atoms with Gasteiger partial charge in [-0.05, 0) is 110 Å². The van der Waals surface area contributed by atoms with E-state index < -0.39 is 0 Å². The Labute approximate surface area is 422 Å². The highest BCUT2D eigenvalue weighted by Gasteiger charge is 2.25. The summed E-state index contributed by atoms with van der Waals surface area (Å²) in [6, 6.07) is 39.1. The number of carbonyl (C=O) groups excluding carboxylic acids is 4. The number of aromatic nitrogens is 2. The summed E-state index contributed by atoms with van der Waals surface area (Å²) in [5.74, 6) is 1.86. The van der Waals surface area contributed by atoms with E-state index in [-0.39, 0.29) is 30.0 Å². The van der Waals surface area contributed by atoms with Crippen molar-refractivity contribution in [1.29, 1.82) is 0 Å². The lowest BCUT2D eigenvalue weighted by molar-refractivity contribution is -0.130. The first-order chi connectivity index (χ1) is 33.9. The Kier molecular flexibility index (Phi) is 18.4. The van der Waals surface area contributed by atoms with Crippen molar-refractivity contribution >= 4 is 58.5 Å². The van der Waals surface area contributed by atoms with Crippen molar-refractivity contribution in [3.8, 4) is 0 Å². The fourth-order valence-corrected chi connectivity index (χ4v) is 8.99. The Bertz CT molecular complexity index is 2670. The van der Waals surface area contributed by atoms with Gasteiger partial charge in [0.2, 0.25) is 5.91 Å². The molecule has 2 N–H and O–H groups in total. The molecular formula is C56H62Cl2N8O4. The van der Waals surface area contributed by atoms with Crippen molar-refractivity contribution in [3.63, 3.8) is 0 Å². The number of amides is 4. The van der Waals surface area contributed by atoms with E-state index in [4.69, 9.17) is 23.2 Å². The van der Waals surface area contributed by atoms with E-state index in [2.05, 4.69) is 61.6 Å². The van der Waals surface area contributed by atoms with E-state index in [1.54, 1.807) is 36.7 Å². The van der Waals surface area contributed by atoms with Gasteiger partial charge < -0.3 is 30.2 Å². The molecule has 6 aromatic rings. The molecule has 0 spiro atoms. The van der Waals surface area contributed by atoms with Gasteiger partial charge in [0.15, 0.2) is 0 Å². The van der Waals surface area contributed by atoms with Crippen LogP contribution in [0.3, 0.4) is 0 Å². The van der Waals surface area contributed by atoms with Gasteiger partial charge in [-0.2, -0.15) is 0 Å². The molecule has 4 amide bonds. The molecule has 14 heteroatoms. The Balaban J connectivity index is 0.000000207. The van der Waals surface area contributed by atoms with Gasteiger partial charge in [-0.15, -0.1) is 0 Å². The van der Waals surface area contributed by atoms with Crippen LogP contribution in [0.25, 0.3) is 0 Å². The van der Waals surface area contributed by atoms with Crippen LogP contribution in [0.4, 0.5) is 11.6 Å². The third kappa shape index (κ3) is 14.6. The molecule has 2 aliphatic rings. The average Bonchev–Trinajstić information content (AvgIpc) is 3.38. The lowest BCUT2D eigenvalue weighted by Crippen LogP contribution is -2.49. The van der Waals surface area contributed by atoms with Gasteiger partial charge in [0.1, 0.15) is 11.6 Å². The van der Waals surface area contributed by atoms with Gasteiger partial charge in [0.25, 0.3) is 17.7 Å². The number of nitrogens with zero attached hydrogens (tertiary/aromatic N) is 6. The summed E-state index contributed by atoms with van der Waals surface area (Å²) >= 11 is 12.3. The topological polar surface area (TPSA) is 131 Å². The van der Waals surface area contributed by atoms with Gasteiger partial charge in [-0.25, -0.2) is 9.97 Å². The molecule has 2 fully saturated rings. The third-order valence-electron chi connectivity index (χ3n) is 12.6. The average molecular weight is 982 g/mol. The van der Waals surface area contributed by atoms with Crippen LogP contribution < -0.4 is 20.4 Å². The number of carbonyl (C=O) groups is 4. The van der Waals surface area contributed by atoms with Gasteiger partial charge in [0, 0.05) is 93.4 Å². The summed E-state index contributed by atoms with van der Waals surface area (Å²) in [6.45, 7) is 12.7. The van der Waals surface area contributed by atoms with Crippen LogP contribution in [-0.2, 0) is 24.1 Å². The first-order valence-electron chi connectivity index (χ1n) is 24.0. The normalized spacial score (nSPS) is 14.0. The monoisotopic (exact) mass is 980 g/mol. The molecule has 70 heavy (non-hydrogen) atoms. The summed E-state index contributed by atoms with van der Waals surface area (Å²) in [5.41, 5.74) is 7.33. The third-order valence-corrected chi connectivity index (χ3v) is 13.2. The number of halogens is 2. The summed E-state index contributed by atoms with van der Waals surface area (Å²) in [5, 5.41) is 7.10. The maximum Gasteiger partial charge on any atom is 0.254 e. The maximum atomic E-state index is 12.9. The van der Waals surface area contributed by atoms with Gasteiger partial charge >= 0.3 is 0 Å². The second-order valence-corrected chi connectivity index (χ2v) is 18.9. The number of piperazine rings is 2. The smallest absolute Gasteiger partial charge is 0.254 e. The molecule has 4 heterocycles. The minimum Gasteiger partial charge on any atom is -0.353 e. The molecule has 0 bridgehead atoms. The van der Waals surface area contributed by atoms with E-state index in [9.17, 15) is 19.2 Å². The molecule has 0 aliphatic carbocycles. The fourth-order valence-electron chi connectivity index (χ4n) is 8.61. The lowest BCUT2D eigenvalue weighted by atomic mass is 10.0. The van der Waals surface area contributed by atoms with E-state index >= 15 is 0 Å². The summed E-state index contributed by atoms with van der Waals surface area (Å²) < 4.78 is 0. The maximum absolute atomic E-state index is 12.9. The second kappa shape index (κ2) is 25.2. The second-order valence-electron chi connectivity index (χ2n) is 18.0. The Morgan fingerprint density at radius 1 is 0.629 bits per heavy atom.